The summed E-state index contributed by atoms with van der Waals surface area (Å²) in [7, 11) is 1.70. The van der Waals surface area contributed by atoms with Crippen LogP contribution in [0.2, 0.25) is 0 Å². The molecule has 6 nitrogen and oxygen atoms in total. The van der Waals surface area contributed by atoms with E-state index in [-0.39, 0.29) is 24.0 Å². The molecule has 31 heavy (non-hydrogen) atoms. The molecule has 1 fully saturated rings. The van der Waals surface area contributed by atoms with Crippen molar-refractivity contribution in [3.05, 3.63) is 54.1 Å². The van der Waals surface area contributed by atoms with Crippen LogP contribution >= 0.6 is 24.0 Å². The van der Waals surface area contributed by atoms with Crippen LogP contribution in [0.3, 0.4) is 0 Å². The van der Waals surface area contributed by atoms with Crippen molar-refractivity contribution in [3.8, 4) is 0 Å². The number of piperazine rings is 1. The Kier molecular flexibility index (Phi) is 9.60. The second-order valence-corrected chi connectivity index (χ2v) is 7.42. The Morgan fingerprint density at radius 3 is 2.45 bits per heavy atom. The van der Waals surface area contributed by atoms with Gasteiger partial charge in [-0.1, -0.05) is 30.3 Å². The van der Waals surface area contributed by atoms with Crippen molar-refractivity contribution in [3.63, 3.8) is 0 Å². The van der Waals surface area contributed by atoms with Gasteiger partial charge in [0, 0.05) is 65.1 Å². The van der Waals surface area contributed by atoms with Crippen LogP contribution in [0.1, 0.15) is 18.3 Å². The lowest BCUT2D eigenvalue weighted by atomic mass is 10.2. The third kappa shape index (κ3) is 7.09. The fraction of sp³-hybridized carbons (Fsp3) is 0.524. The number of aromatic nitrogens is 2. The summed E-state index contributed by atoms with van der Waals surface area (Å²) in [5.41, 5.74) is 1.21. The van der Waals surface area contributed by atoms with Crippen molar-refractivity contribution in [2.45, 2.75) is 32.1 Å². The molecule has 1 aliphatic heterocycles. The molecule has 1 N–H and O–H groups in total. The Balaban J connectivity index is 0.00000341. The minimum absolute atomic E-state index is 0. The van der Waals surface area contributed by atoms with E-state index in [9.17, 15) is 13.2 Å². The molecule has 0 bridgehead atoms. The van der Waals surface area contributed by atoms with Crippen molar-refractivity contribution in [2.75, 3.05) is 39.8 Å². The Labute approximate surface area is 198 Å². The largest absolute Gasteiger partial charge is 0.403 e. The number of alkyl halides is 3. The van der Waals surface area contributed by atoms with Crippen LogP contribution in [-0.2, 0) is 13.0 Å². The van der Waals surface area contributed by atoms with Gasteiger partial charge in [0.05, 0.1) is 0 Å². The molecule has 3 rings (SSSR count). The molecular formula is C21H30F3IN6. The summed E-state index contributed by atoms with van der Waals surface area (Å²) in [6.45, 7) is 4.40. The third-order valence-electron chi connectivity index (χ3n) is 5.48. The first kappa shape index (κ1) is 25.4. The zero-order valence-corrected chi connectivity index (χ0v) is 20.2. The molecule has 1 aromatic carbocycles. The van der Waals surface area contributed by atoms with Gasteiger partial charge in [-0.15, -0.1) is 24.0 Å². The van der Waals surface area contributed by atoms with E-state index in [1.54, 1.807) is 13.2 Å². The molecule has 1 aliphatic rings. The monoisotopic (exact) mass is 550 g/mol. The summed E-state index contributed by atoms with van der Waals surface area (Å²) >= 11 is 0. The molecule has 0 amide bonds. The summed E-state index contributed by atoms with van der Waals surface area (Å²) < 4.78 is 40.9. The lowest BCUT2D eigenvalue weighted by Gasteiger charge is -2.39. The summed E-state index contributed by atoms with van der Waals surface area (Å²) in [6, 6.07) is 8.79. The van der Waals surface area contributed by atoms with Gasteiger partial charge in [0.15, 0.2) is 5.96 Å². The number of halogens is 4. The van der Waals surface area contributed by atoms with E-state index in [1.165, 1.54) is 17.4 Å². The Bertz CT molecular complexity index is 816. The normalized spacial score (nSPS) is 16.7. The molecule has 0 spiro atoms. The van der Waals surface area contributed by atoms with E-state index < -0.39 is 12.2 Å². The van der Waals surface area contributed by atoms with Crippen LogP contribution in [0.5, 0.6) is 0 Å². The zero-order valence-electron chi connectivity index (χ0n) is 17.8. The highest BCUT2D eigenvalue weighted by Crippen LogP contribution is 2.25. The minimum atomic E-state index is -4.19. The quantitative estimate of drug-likeness (QED) is 0.341. The smallest absolute Gasteiger partial charge is 0.356 e. The van der Waals surface area contributed by atoms with Crippen LogP contribution in [0.15, 0.2) is 47.7 Å². The van der Waals surface area contributed by atoms with E-state index in [2.05, 4.69) is 32.0 Å². The maximum atomic E-state index is 12.9. The Hall–Kier alpha value is -1.82. The average Bonchev–Trinajstić information content (AvgIpc) is 3.18. The molecule has 0 saturated carbocycles. The molecule has 1 aromatic heterocycles. The first-order valence-corrected chi connectivity index (χ1v) is 10.2. The van der Waals surface area contributed by atoms with E-state index in [1.807, 2.05) is 29.3 Å². The van der Waals surface area contributed by atoms with Crippen LogP contribution in [0.25, 0.3) is 0 Å². The lowest BCUT2D eigenvalue weighted by molar-refractivity contribution is -0.181. The number of rotatable bonds is 6. The van der Waals surface area contributed by atoms with Crippen LogP contribution in [0.4, 0.5) is 13.2 Å². The van der Waals surface area contributed by atoms with Gasteiger partial charge in [0.1, 0.15) is 11.9 Å². The summed E-state index contributed by atoms with van der Waals surface area (Å²) in [5, 5.41) is 3.32. The van der Waals surface area contributed by atoms with Crippen molar-refractivity contribution >= 4 is 29.9 Å². The number of hydrogen-bond donors (Lipinski definition) is 1. The fourth-order valence-corrected chi connectivity index (χ4v) is 3.64. The zero-order chi connectivity index (χ0) is 21.6. The standard InChI is InChI=1S/C21H29F3N6.HI/c1-17(21(22,23)24)28-12-14-29(15-13-28)20(25-2)27-9-8-19-26-10-11-30(19)16-18-6-4-3-5-7-18;/h3-7,10-11,17H,8-9,12-16H2,1-2H3,(H,25,27);1H. The van der Waals surface area contributed by atoms with Gasteiger partial charge in [-0.25, -0.2) is 4.98 Å². The first-order chi connectivity index (χ1) is 14.4. The molecule has 2 heterocycles. The summed E-state index contributed by atoms with van der Waals surface area (Å²) in [4.78, 5) is 12.2. The predicted octanol–water partition coefficient (Wildman–Crippen LogP) is 3.24. The topological polar surface area (TPSA) is 48.7 Å². The molecule has 1 atom stereocenters. The predicted molar refractivity (Wildman–Crippen MR) is 127 cm³/mol. The lowest BCUT2D eigenvalue weighted by Crippen LogP contribution is -2.56. The number of nitrogens with zero attached hydrogens (tertiary/aromatic N) is 5. The SMILES string of the molecule is CN=C(NCCc1nccn1Cc1ccccc1)N1CCN(C(C)C(F)(F)F)CC1.I. The highest BCUT2D eigenvalue weighted by molar-refractivity contribution is 14.0. The van der Waals surface area contributed by atoms with E-state index in [0.29, 0.717) is 32.7 Å². The van der Waals surface area contributed by atoms with Crippen molar-refractivity contribution in [1.29, 1.82) is 0 Å². The molecule has 2 aromatic rings. The maximum absolute atomic E-state index is 12.9. The van der Waals surface area contributed by atoms with Crippen LogP contribution in [0, 0.1) is 0 Å². The van der Waals surface area contributed by atoms with E-state index in [4.69, 9.17) is 0 Å². The number of aliphatic imine (C=N–C) groups is 1. The van der Waals surface area contributed by atoms with Gasteiger partial charge in [0.2, 0.25) is 0 Å². The van der Waals surface area contributed by atoms with Gasteiger partial charge >= 0.3 is 6.18 Å². The van der Waals surface area contributed by atoms with Gasteiger partial charge in [0.25, 0.3) is 0 Å². The Morgan fingerprint density at radius 2 is 1.84 bits per heavy atom. The fourth-order valence-electron chi connectivity index (χ4n) is 3.64. The minimum Gasteiger partial charge on any atom is -0.356 e. The highest BCUT2D eigenvalue weighted by Gasteiger charge is 2.41. The number of imidazole rings is 1. The highest BCUT2D eigenvalue weighted by atomic mass is 127. The van der Waals surface area contributed by atoms with Crippen molar-refractivity contribution in [1.82, 2.24) is 24.7 Å². The summed E-state index contributed by atoms with van der Waals surface area (Å²) in [6.07, 6.45) is 0.306. The van der Waals surface area contributed by atoms with Crippen molar-refractivity contribution < 1.29 is 13.2 Å². The third-order valence-corrected chi connectivity index (χ3v) is 5.48. The number of benzene rings is 1. The molecule has 1 unspecified atom stereocenters. The van der Waals surface area contributed by atoms with Crippen LogP contribution in [-0.4, -0.2) is 77.3 Å². The number of guanidine groups is 1. The van der Waals surface area contributed by atoms with Crippen molar-refractivity contribution in [2.24, 2.45) is 4.99 Å². The molecule has 10 heteroatoms. The van der Waals surface area contributed by atoms with Gasteiger partial charge in [-0.2, -0.15) is 13.2 Å². The molecular weight excluding hydrogens is 520 g/mol. The van der Waals surface area contributed by atoms with Gasteiger partial charge in [-0.05, 0) is 12.5 Å². The van der Waals surface area contributed by atoms with E-state index >= 15 is 0 Å². The second-order valence-electron chi connectivity index (χ2n) is 7.42. The molecule has 1 saturated heterocycles. The van der Waals surface area contributed by atoms with E-state index in [0.717, 1.165) is 24.7 Å². The molecule has 172 valence electrons. The molecule has 0 radical (unpaired) electrons. The van der Waals surface area contributed by atoms with Gasteiger partial charge < -0.3 is 14.8 Å². The second kappa shape index (κ2) is 11.7. The Morgan fingerprint density at radius 1 is 1.16 bits per heavy atom. The maximum Gasteiger partial charge on any atom is 0.403 e. The first-order valence-electron chi connectivity index (χ1n) is 10.2. The number of nitrogens with one attached hydrogen (secondary N) is 1. The van der Waals surface area contributed by atoms with Gasteiger partial charge in [-0.3, -0.25) is 9.89 Å². The molecule has 0 aliphatic carbocycles. The van der Waals surface area contributed by atoms with Crippen LogP contribution < -0.4 is 5.32 Å². The summed E-state index contributed by atoms with van der Waals surface area (Å²) in [5.74, 6) is 1.70. The average molecular weight is 550 g/mol. The number of hydrogen-bond acceptors (Lipinski definition) is 3.